The van der Waals surface area contributed by atoms with Gasteiger partial charge in [0, 0.05) is 5.56 Å². The summed E-state index contributed by atoms with van der Waals surface area (Å²) in [7, 11) is 0. The van der Waals surface area contributed by atoms with Crippen molar-refractivity contribution in [3.63, 3.8) is 0 Å². The summed E-state index contributed by atoms with van der Waals surface area (Å²) in [5, 5.41) is 11.8. The molecule has 0 bridgehead atoms. The van der Waals surface area contributed by atoms with E-state index < -0.39 is 17.7 Å². The zero-order valence-corrected chi connectivity index (χ0v) is 22.0. The van der Waals surface area contributed by atoms with Crippen LogP contribution < -0.4 is 9.64 Å². The largest absolute Gasteiger partial charge is 0.507 e. The molecular weight excluding hydrogens is 484 g/mol. The second-order valence-corrected chi connectivity index (χ2v) is 10.4. The van der Waals surface area contributed by atoms with E-state index in [4.69, 9.17) is 9.72 Å². The van der Waals surface area contributed by atoms with Gasteiger partial charge in [-0.3, -0.25) is 14.5 Å². The van der Waals surface area contributed by atoms with E-state index in [0.29, 0.717) is 29.0 Å². The average Bonchev–Trinajstić information content (AvgIpc) is 3.42. The number of carbonyl (C=O) groups excluding carboxylic acids is 2. The van der Waals surface area contributed by atoms with Crippen LogP contribution in [-0.2, 0) is 9.59 Å². The number of hydrogen-bond acceptors (Lipinski definition) is 6. The minimum Gasteiger partial charge on any atom is -0.507 e. The van der Waals surface area contributed by atoms with Crippen molar-refractivity contribution >= 4 is 44.1 Å². The topological polar surface area (TPSA) is 79.7 Å². The minimum absolute atomic E-state index is 0.0434. The Hall–Kier alpha value is -3.97. The van der Waals surface area contributed by atoms with E-state index >= 15 is 0 Å². The fraction of sp³-hybridized carbons (Fsp3) is 0.233. The highest BCUT2D eigenvalue weighted by Crippen LogP contribution is 2.44. The lowest BCUT2D eigenvalue weighted by molar-refractivity contribution is -0.132. The van der Waals surface area contributed by atoms with Crippen molar-refractivity contribution in [3.8, 4) is 5.75 Å². The number of rotatable bonds is 6. The average molecular weight is 513 g/mol. The first-order valence-electron chi connectivity index (χ1n) is 12.3. The molecule has 3 aromatic carbocycles. The van der Waals surface area contributed by atoms with Gasteiger partial charge >= 0.3 is 5.91 Å². The zero-order valence-electron chi connectivity index (χ0n) is 21.2. The third-order valence-corrected chi connectivity index (χ3v) is 7.56. The minimum atomic E-state index is -0.811. The van der Waals surface area contributed by atoms with Crippen LogP contribution in [0, 0.1) is 6.92 Å². The van der Waals surface area contributed by atoms with Gasteiger partial charge < -0.3 is 9.84 Å². The van der Waals surface area contributed by atoms with Crippen LogP contribution >= 0.6 is 11.3 Å². The first-order valence-corrected chi connectivity index (χ1v) is 13.1. The first kappa shape index (κ1) is 24.7. The van der Waals surface area contributed by atoms with Crippen LogP contribution in [0.2, 0.25) is 0 Å². The highest BCUT2D eigenvalue weighted by Gasteiger charge is 2.48. The van der Waals surface area contributed by atoms with E-state index in [-0.39, 0.29) is 11.3 Å². The van der Waals surface area contributed by atoms with Gasteiger partial charge in [0.05, 0.1) is 28.4 Å². The molecule has 1 unspecified atom stereocenters. The molecule has 1 aliphatic heterocycles. The number of ketones is 1. The Balaban J connectivity index is 1.68. The van der Waals surface area contributed by atoms with Gasteiger partial charge in [0.25, 0.3) is 5.78 Å². The second-order valence-electron chi connectivity index (χ2n) is 9.42. The summed E-state index contributed by atoms with van der Waals surface area (Å²) < 4.78 is 6.43. The SMILES string of the molecule is CCOc1ccc(C(O)=C2C(=O)C(=O)N(c3nc4ccc(C)cc4s3)C2c2ccc(C(C)C)cc2)cc1. The van der Waals surface area contributed by atoms with Crippen LogP contribution in [-0.4, -0.2) is 28.4 Å². The van der Waals surface area contributed by atoms with Crippen LogP contribution in [0.5, 0.6) is 5.75 Å². The number of nitrogens with zero attached hydrogens (tertiary/aromatic N) is 2. The third-order valence-electron chi connectivity index (χ3n) is 6.54. The van der Waals surface area contributed by atoms with Gasteiger partial charge in [-0.2, -0.15) is 0 Å². The monoisotopic (exact) mass is 512 g/mol. The van der Waals surface area contributed by atoms with E-state index in [1.807, 2.05) is 56.3 Å². The lowest BCUT2D eigenvalue weighted by Gasteiger charge is -2.23. The number of amides is 1. The number of anilines is 1. The highest BCUT2D eigenvalue weighted by molar-refractivity contribution is 7.22. The Bertz CT molecular complexity index is 1520. The molecule has 1 atom stereocenters. The molecule has 2 heterocycles. The van der Waals surface area contributed by atoms with Gasteiger partial charge in [-0.05, 0) is 72.9 Å². The van der Waals surface area contributed by atoms with Gasteiger partial charge in [-0.15, -0.1) is 0 Å². The Morgan fingerprint density at radius 1 is 1.05 bits per heavy atom. The number of ether oxygens (including phenoxy) is 1. The Kier molecular flexibility index (Phi) is 6.56. The van der Waals surface area contributed by atoms with Crippen molar-refractivity contribution < 1.29 is 19.4 Å². The predicted octanol–water partition coefficient (Wildman–Crippen LogP) is 6.75. The normalized spacial score (nSPS) is 17.2. The molecule has 4 aromatic rings. The van der Waals surface area contributed by atoms with Gasteiger partial charge in [-0.25, -0.2) is 4.98 Å². The number of benzene rings is 3. The molecule has 0 aliphatic carbocycles. The fourth-order valence-corrected chi connectivity index (χ4v) is 5.65. The Morgan fingerprint density at radius 3 is 2.41 bits per heavy atom. The van der Waals surface area contributed by atoms with Gasteiger partial charge in [0.15, 0.2) is 5.13 Å². The maximum atomic E-state index is 13.5. The molecule has 0 saturated carbocycles. The molecule has 1 aromatic heterocycles. The third kappa shape index (κ3) is 4.51. The number of carbonyl (C=O) groups is 2. The number of Topliss-reactive ketones (excluding diaryl/α,β-unsaturated/α-hetero) is 1. The summed E-state index contributed by atoms with van der Waals surface area (Å²) in [6, 6.07) is 19.8. The van der Waals surface area contributed by atoms with Gasteiger partial charge in [-0.1, -0.05) is 55.5 Å². The lowest BCUT2D eigenvalue weighted by atomic mass is 9.93. The summed E-state index contributed by atoms with van der Waals surface area (Å²) in [4.78, 5) is 33.0. The Labute approximate surface area is 219 Å². The molecule has 1 fully saturated rings. The van der Waals surface area contributed by atoms with Crippen molar-refractivity contribution in [1.82, 2.24) is 4.98 Å². The molecular formula is C30H28N2O4S. The van der Waals surface area contributed by atoms with E-state index in [2.05, 4.69) is 13.8 Å². The fourth-order valence-electron chi connectivity index (χ4n) is 4.56. The molecule has 0 spiro atoms. The summed E-state index contributed by atoms with van der Waals surface area (Å²) in [5.74, 6) is -0.679. The number of fused-ring (bicyclic) bond motifs is 1. The molecule has 6 nitrogen and oxygen atoms in total. The van der Waals surface area contributed by atoms with Crippen molar-refractivity contribution in [2.45, 2.75) is 39.7 Å². The maximum absolute atomic E-state index is 13.5. The molecule has 0 radical (unpaired) electrons. The number of aliphatic hydroxyl groups is 1. The van der Waals surface area contributed by atoms with Crippen molar-refractivity contribution in [1.29, 1.82) is 0 Å². The smallest absolute Gasteiger partial charge is 0.301 e. The quantitative estimate of drug-likeness (QED) is 0.176. The number of aliphatic hydroxyl groups excluding tert-OH is 1. The van der Waals surface area contributed by atoms with Crippen LogP contribution in [0.3, 0.4) is 0 Å². The number of thiazole rings is 1. The maximum Gasteiger partial charge on any atom is 0.301 e. The highest BCUT2D eigenvalue weighted by atomic mass is 32.1. The summed E-state index contributed by atoms with van der Waals surface area (Å²) >= 11 is 1.36. The molecule has 1 aliphatic rings. The number of aromatic nitrogens is 1. The van der Waals surface area contributed by atoms with Crippen molar-refractivity contribution in [3.05, 3.63) is 94.6 Å². The van der Waals surface area contributed by atoms with E-state index in [1.165, 1.54) is 16.2 Å². The second kappa shape index (κ2) is 9.82. The zero-order chi connectivity index (χ0) is 26.3. The molecule has 1 N–H and O–H groups in total. The number of hydrogen-bond donors (Lipinski definition) is 1. The van der Waals surface area contributed by atoms with Crippen molar-refractivity contribution in [2.24, 2.45) is 0 Å². The Morgan fingerprint density at radius 2 is 1.76 bits per heavy atom. The predicted molar refractivity (Wildman–Crippen MR) is 147 cm³/mol. The summed E-state index contributed by atoms with van der Waals surface area (Å²) in [5.41, 5.74) is 4.19. The van der Waals surface area contributed by atoms with E-state index in [0.717, 1.165) is 26.9 Å². The molecule has 7 heteroatoms. The summed E-state index contributed by atoms with van der Waals surface area (Å²) in [6.45, 7) is 8.62. The first-order chi connectivity index (χ1) is 17.8. The molecule has 188 valence electrons. The number of aryl methyl sites for hydroxylation is 1. The van der Waals surface area contributed by atoms with Gasteiger partial charge in [0.2, 0.25) is 0 Å². The standard InChI is InChI=1S/C30H28N2O4S/c1-5-36-22-13-11-21(12-14-22)27(33)25-26(20-9-7-19(8-10-20)17(2)3)32(29(35)28(25)34)30-31-23-15-6-18(4)16-24(23)37-30/h6-17,26,33H,5H2,1-4H3. The molecule has 5 rings (SSSR count). The lowest BCUT2D eigenvalue weighted by Crippen LogP contribution is -2.29. The summed E-state index contributed by atoms with van der Waals surface area (Å²) in [6.07, 6.45) is 0. The van der Waals surface area contributed by atoms with Gasteiger partial charge in [0.1, 0.15) is 11.5 Å². The molecule has 37 heavy (non-hydrogen) atoms. The molecule has 1 amide bonds. The van der Waals surface area contributed by atoms with Crippen LogP contribution in [0.1, 0.15) is 55.0 Å². The van der Waals surface area contributed by atoms with E-state index in [9.17, 15) is 14.7 Å². The van der Waals surface area contributed by atoms with Crippen LogP contribution in [0.25, 0.3) is 16.0 Å². The van der Waals surface area contributed by atoms with Crippen LogP contribution in [0.15, 0.2) is 72.3 Å². The van der Waals surface area contributed by atoms with E-state index in [1.54, 1.807) is 24.3 Å². The molecule has 1 saturated heterocycles. The van der Waals surface area contributed by atoms with Crippen LogP contribution in [0.4, 0.5) is 5.13 Å². The van der Waals surface area contributed by atoms with Crippen molar-refractivity contribution in [2.75, 3.05) is 11.5 Å².